The van der Waals surface area contributed by atoms with Gasteiger partial charge in [0.1, 0.15) is 16.5 Å². The van der Waals surface area contributed by atoms with E-state index < -0.39 is 11.8 Å². The van der Waals surface area contributed by atoms with Crippen LogP contribution in [0.5, 0.6) is 5.75 Å². The first-order valence-electron chi connectivity index (χ1n) is 6.78. The Hall–Kier alpha value is -1.92. The van der Waals surface area contributed by atoms with Crippen LogP contribution in [0.2, 0.25) is 15.1 Å². The Labute approximate surface area is 162 Å². The highest BCUT2D eigenvalue weighted by molar-refractivity contribution is 6.54. The molecule has 3 rings (SSSR count). The van der Waals surface area contributed by atoms with Crippen molar-refractivity contribution < 1.29 is 14.7 Å². The van der Waals surface area contributed by atoms with Crippen LogP contribution >= 0.6 is 46.4 Å². The fourth-order valence-corrected chi connectivity index (χ4v) is 2.98. The van der Waals surface area contributed by atoms with Crippen molar-refractivity contribution in [1.82, 2.24) is 0 Å². The van der Waals surface area contributed by atoms with Gasteiger partial charge in [-0.15, -0.1) is 0 Å². The van der Waals surface area contributed by atoms with Crippen molar-refractivity contribution in [1.29, 1.82) is 0 Å². The van der Waals surface area contributed by atoms with Crippen molar-refractivity contribution in [2.45, 2.75) is 0 Å². The highest BCUT2D eigenvalue weighted by Gasteiger charge is 2.40. The van der Waals surface area contributed by atoms with Crippen molar-refractivity contribution in [2.75, 3.05) is 10.2 Å². The minimum Gasteiger partial charge on any atom is -0.506 e. The summed E-state index contributed by atoms with van der Waals surface area (Å²) in [4.78, 5) is 25.9. The lowest BCUT2D eigenvalue weighted by molar-refractivity contribution is -0.120. The summed E-state index contributed by atoms with van der Waals surface area (Å²) in [7, 11) is 0. The molecule has 1 heterocycles. The quantitative estimate of drug-likeness (QED) is 0.556. The highest BCUT2D eigenvalue weighted by atomic mass is 35.5. The summed E-state index contributed by atoms with van der Waals surface area (Å²) in [6.45, 7) is 0. The third kappa shape index (κ3) is 3.28. The molecule has 0 radical (unpaired) electrons. The second-order valence-electron chi connectivity index (χ2n) is 5.02. The van der Waals surface area contributed by atoms with Gasteiger partial charge in [0.2, 0.25) is 0 Å². The molecule has 25 heavy (non-hydrogen) atoms. The van der Waals surface area contributed by atoms with E-state index in [4.69, 9.17) is 46.4 Å². The molecule has 5 nitrogen and oxygen atoms in total. The van der Waals surface area contributed by atoms with E-state index in [2.05, 4.69) is 5.32 Å². The molecule has 0 saturated carbocycles. The van der Waals surface area contributed by atoms with Crippen LogP contribution in [-0.4, -0.2) is 16.9 Å². The summed E-state index contributed by atoms with van der Waals surface area (Å²) < 4.78 is 0. The lowest BCUT2D eigenvalue weighted by Gasteiger charge is -2.17. The van der Waals surface area contributed by atoms with Crippen LogP contribution in [0.3, 0.4) is 0 Å². The minimum atomic E-state index is -0.764. The second-order valence-corrected chi connectivity index (χ2v) is 6.67. The fraction of sp³-hybridized carbons (Fsp3) is 0. The first-order valence-corrected chi connectivity index (χ1v) is 8.30. The molecule has 0 atom stereocenters. The second kappa shape index (κ2) is 6.77. The topological polar surface area (TPSA) is 69.6 Å². The predicted octanol–water partition coefficient (Wildman–Crippen LogP) is 4.79. The number of carbonyl (C=O) groups excluding carboxylic acids is 2. The molecule has 0 spiro atoms. The zero-order chi connectivity index (χ0) is 18.3. The van der Waals surface area contributed by atoms with Gasteiger partial charge < -0.3 is 10.4 Å². The number of amides is 2. The molecular weight excluding hydrogens is 410 g/mol. The molecule has 2 aromatic rings. The number of nitrogens with zero attached hydrogens (tertiary/aromatic N) is 1. The first kappa shape index (κ1) is 17.9. The van der Waals surface area contributed by atoms with Crippen LogP contribution in [0, 0.1) is 0 Å². The summed E-state index contributed by atoms with van der Waals surface area (Å²) in [6, 6.07) is 8.56. The fourth-order valence-electron chi connectivity index (χ4n) is 2.23. The number of benzene rings is 2. The maximum absolute atomic E-state index is 12.7. The number of aromatic hydroxyl groups is 1. The number of carbonyl (C=O) groups is 2. The Balaban J connectivity index is 2.00. The van der Waals surface area contributed by atoms with Crippen LogP contribution in [0.4, 0.5) is 11.4 Å². The van der Waals surface area contributed by atoms with E-state index in [1.54, 1.807) is 0 Å². The Bertz CT molecular complexity index is 943. The van der Waals surface area contributed by atoms with Gasteiger partial charge in [-0.1, -0.05) is 46.4 Å². The molecule has 2 N–H and O–H groups in total. The molecule has 0 aromatic heterocycles. The van der Waals surface area contributed by atoms with Crippen LogP contribution < -0.4 is 10.2 Å². The molecule has 0 bridgehead atoms. The van der Waals surface area contributed by atoms with E-state index >= 15 is 0 Å². The largest absolute Gasteiger partial charge is 0.506 e. The summed E-state index contributed by atoms with van der Waals surface area (Å²) >= 11 is 23.9. The molecule has 9 heteroatoms. The maximum Gasteiger partial charge on any atom is 0.283 e. The summed E-state index contributed by atoms with van der Waals surface area (Å²) in [6.07, 6.45) is 0. The Kier molecular flexibility index (Phi) is 4.84. The van der Waals surface area contributed by atoms with Crippen LogP contribution in [0.25, 0.3) is 0 Å². The van der Waals surface area contributed by atoms with Gasteiger partial charge in [-0.25, -0.2) is 4.90 Å². The Morgan fingerprint density at radius 2 is 1.52 bits per heavy atom. The number of anilines is 2. The molecule has 1 aliphatic rings. The molecule has 128 valence electrons. The van der Waals surface area contributed by atoms with Crippen molar-refractivity contribution >= 4 is 69.6 Å². The van der Waals surface area contributed by atoms with Gasteiger partial charge in [0.25, 0.3) is 11.8 Å². The first-order chi connectivity index (χ1) is 11.8. The van der Waals surface area contributed by atoms with E-state index in [1.165, 1.54) is 36.4 Å². The number of hydrogen-bond donors (Lipinski definition) is 2. The number of nitrogens with one attached hydrogen (secondary N) is 1. The zero-order valence-electron chi connectivity index (χ0n) is 12.2. The molecule has 1 aliphatic heterocycles. The van der Waals surface area contributed by atoms with Gasteiger partial charge in [0, 0.05) is 10.0 Å². The number of phenols is 1. The molecule has 2 amide bonds. The van der Waals surface area contributed by atoms with Gasteiger partial charge in [-0.05, 0) is 36.4 Å². The van der Waals surface area contributed by atoms with E-state index in [9.17, 15) is 14.7 Å². The minimum absolute atomic E-state index is 0.106. The van der Waals surface area contributed by atoms with Crippen molar-refractivity contribution in [2.24, 2.45) is 0 Å². The predicted molar refractivity (Wildman–Crippen MR) is 98.6 cm³/mol. The SMILES string of the molecule is O=C1C(Cl)=C(Nc2cc(Cl)ccc2O)C(=O)N1c1cc(Cl)ccc1Cl. The maximum atomic E-state index is 12.7. The highest BCUT2D eigenvalue weighted by Crippen LogP contribution is 2.37. The standard InChI is InChI=1S/C16H8Cl4N2O3/c17-7-2-4-12(23)10(5-7)21-14-13(20)15(24)22(16(14)25)11-6-8(18)1-3-9(11)19/h1-6,21,23H. The monoisotopic (exact) mass is 416 g/mol. The van der Waals surface area contributed by atoms with Gasteiger partial charge in [-0.2, -0.15) is 0 Å². The zero-order valence-corrected chi connectivity index (χ0v) is 15.2. The van der Waals surface area contributed by atoms with Crippen molar-refractivity contribution in [3.05, 3.63) is 62.2 Å². The van der Waals surface area contributed by atoms with Gasteiger partial charge >= 0.3 is 0 Å². The Morgan fingerprint density at radius 1 is 0.880 bits per heavy atom. The van der Waals surface area contributed by atoms with Crippen LogP contribution in [0.15, 0.2) is 47.1 Å². The third-order valence-corrected chi connectivity index (χ3v) is 4.54. The van der Waals surface area contributed by atoms with Gasteiger partial charge in [0.05, 0.1) is 16.4 Å². The summed E-state index contributed by atoms with van der Waals surface area (Å²) in [5.41, 5.74) is 0.0237. The lowest BCUT2D eigenvalue weighted by atomic mass is 10.2. The average Bonchev–Trinajstić information content (AvgIpc) is 2.77. The molecular formula is C16H8Cl4N2O3. The number of rotatable bonds is 3. The van der Waals surface area contributed by atoms with E-state index in [0.29, 0.717) is 10.0 Å². The van der Waals surface area contributed by atoms with E-state index in [1.807, 2.05) is 0 Å². The smallest absolute Gasteiger partial charge is 0.283 e. The normalized spacial score (nSPS) is 14.5. The van der Waals surface area contributed by atoms with E-state index in [-0.39, 0.29) is 32.9 Å². The molecule has 0 aliphatic carbocycles. The third-order valence-electron chi connectivity index (χ3n) is 3.39. The van der Waals surface area contributed by atoms with Crippen molar-refractivity contribution in [3.8, 4) is 5.75 Å². The van der Waals surface area contributed by atoms with Gasteiger partial charge in [-0.3, -0.25) is 9.59 Å². The van der Waals surface area contributed by atoms with Crippen molar-refractivity contribution in [3.63, 3.8) is 0 Å². The van der Waals surface area contributed by atoms with Crippen LogP contribution in [-0.2, 0) is 9.59 Å². The summed E-state index contributed by atoms with van der Waals surface area (Å²) in [5, 5.41) is 12.9. The number of phenolic OH excluding ortho intramolecular Hbond substituents is 1. The molecule has 0 unspecified atom stereocenters. The van der Waals surface area contributed by atoms with Gasteiger partial charge in [0.15, 0.2) is 0 Å². The molecule has 0 saturated heterocycles. The molecule has 2 aromatic carbocycles. The lowest BCUT2D eigenvalue weighted by Crippen LogP contribution is -2.32. The van der Waals surface area contributed by atoms with Crippen LogP contribution in [0.1, 0.15) is 0 Å². The Morgan fingerprint density at radius 3 is 2.24 bits per heavy atom. The number of halogens is 4. The number of hydrogen-bond acceptors (Lipinski definition) is 4. The average molecular weight is 418 g/mol. The summed E-state index contributed by atoms with van der Waals surface area (Å²) in [5.74, 6) is -1.67. The molecule has 0 fully saturated rings. The van der Waals surface area contributed by atoms with E-state index in [0.717, 1.165) is 4.90 Å². The number of imide groups is 1.